The van der Waals surface area contributed by atoms with Gasteiger partial charge < -0.3 is 10.2 Å². The van der Waals surface area contributed by atoms with Gasteiger partial charge in [-0.15, -0.1) is 0 Å². The van der Waals surface area contributed by atoms with E-state index in [0.717, 1.165) is 5.56 Å². The highest BCUT2D eigenvalue weighted by molar-refractivity contribution is 5.80. The molecule has 2 aromatic heterocycles. The van der Waals surface area contributed by atoms with E-state index >= 15 is 0 Å². The Bertz CT molecular complexity index is 724. The van der Waals surface area contributed by atoms with Crippen LogP contribution in [-0.2, 0) is 0 Å². The second kappa shape index (κ2) is 3.44. The van der Waals surface area contributed by atoms with E-state index in [2.05, 4.69) is 15.2 Å². The van der Waals surface area contributed by atoms with Crippen molar-refractivity contribution >= 4 is 17.1 Å². The molecule has 0 radical (unpaired) electrons. The van der Waals surface area contributed by atoms with Crippen molar-refractivity contribution in [1.29, 1.82) is 0 Å². The Hall–Kier alpha value is -2.63. The van der Waals surface area contributed by atoms with Gasteiger partial charge in [0.25, 0.3) is 11.6 Å². The monoisotopic (exact) mass is 228 g/mol. The van der Waals surface area contributed by atoms with Gasteiger partial charge in [-0.05, 0) is 24.3 Å². The molecule has 2 heterocycles. The van der Waals surface area contributed by atoms with Crippen molar-refractivity contribution in [2.45, 2.75) is 0 Å². The second-order valence-corrected chi connectivity index (χ2v) is 3.54. The van der Waals surface area contributed by atoms with Crippen LogP contribution >= 0.6 is 0 Å². The van der Waals surface area contributed by atoms with E-state index in [9.17, 15) is 4.79 Å². The topological polar surface area (TPSA) is 97.8 Å². The molecule has 0 aliphatic carbocycles. The normalized spacial score (nSPS) is 10.8. The molecular weight excluding hydrogens is 220 g/mol. The van der Waals surface area contributed by atoms with Crippen molar-refractivity contribution in [3.8, 4) is 11.3 Å². The van der Waals surface area contributed by atoms with Crippen LogP contribution in [0.3, 0.4) is 0 Å². The number of hydrogen-bond acceptors (Lipinski definition) is 5. The van der Waals surface area contributed by atoms with Crippen LogP contribution in [0.15, 0.2) is 39.5 Å². The lowest BCUT2D eigenvalue weighted by molar-refractivity contribution is 0.626. The summed E-state index contributed by atoms with van der Waals surface area (Å²) in [6.45, 7) is 0. The van der Waals surface area contributed by atoms with Gasteiger partial charge in [0.05, 0.1) is 5.69 Å². The molecule has 0 atom stereocenters. The molecule has 0 unspecified atom stereocenters. The predicted octanol–water partition coefficient (Wildman–Crippen LogP) is 1.16. The number of hydrogen-bond donors (Lipinski definition) is 2. The fraction of sp³-hybridized carbons (Fsp3) is 0. The first-order chi connectivity index (χ1) is 8.22. The molecule has 3 rings (SSSR count). The number of nitrogens with zero attached hydrogens (tertiary/aromatic N) is 2. The number of benzene rings is 1. The summed E-state index contributed by atoms with van der Waals surface area (Å²) in [5.74, 6) is 0. The van der Waals surface area contributed by atoms with Crippen LogP contribution in [0.2, 0.25) is 0 Å². The number of nitrogen functional groups attached to an aromatic ring is 1. The van der Waals surface area contributed by atoms with E-state index in [4.69, 9.17) is 10.2 Å². The molecule has 0 saturated carbocycles. The number of aromatic nitrogens is 3. The maximum Gasteiger partial charge on any atom is 0.292 e. The van der Waals surface area contributed by atoms with Crippen molar-refractivity contribution in [3.63, 3.8) is 0 Å². The molecule has 6 heteroatoms. The molecule has 0 saturated heterocycles. The lowest BCUT2D eigenvalue weighted by Gasteiger charge is -1.98. The molecule has 0 fully saturated rings. The van der Waals surface area contributed by atoms with Crippen LogP contribution in [0.4, 0.5) is 6.01 Å². The standard InChI is InChI=1S/C11H8N4O2/c12-11-13-8-5-6(1-3-9(8)17-11)7-2-4-10(16)15-14-7/h1-5H,(H2,12,13)(H,15,16). The van der Waals surface area contributed by atoms with E-state index < -0.39 is 0 Å². The molecule has 0 bridgehead atoms. The van der Waals surface area contributed by atoms with Crippen molar-refractivity contribution in [1.82, 2.24) is 15.2 Å². The minimum atomic E-state index is -0.236. The summed E-state index contributed by atoms with van der Waals surface area (Å²) in [6, 6.07) is 8.59. The molecule has 3 N–H and O–H groups in total. The Morgan fingerprint density at radius 1 is 1.24 bits per heavy atom. The number of oxazole rings is 1. The first-order valence-electron chi connectivity index (χ1n) is 4.94. The molecule has 6 nitrogen and oxygen atoms in total. The van der Waals surface area contributed by atoms with Gasteiger partial charge in [0.1, 0.15) is 5.52 Å². The van der Waals surface area contributed by atoms with Crippen LogP contribution in [0.1, 0.15) is 0 Å². The van der Waals surface area contributed by atoms with Gasteiger partial charge in [0.15, 0.2) is 5.58 Å². The smallest absolute Gasteiger partial charge is 0.292 e. The van der Waals surface area contributed by atoms with Gasteiger partial charge in [-0.1, -0.05) is 0 Å². The highest BCUT2D eigenvalue weighted by Crippen LogP contribution is 2.23. The number of fused-ring (bicyclic) bond motifs is 1. The molecule has 17 heavy (non-hydrogen) atoms. The zero-order valence-electron chi connectivity index (χ0n) is 8.68. The lowest BCUT2D eigenvalue weighted by atomic mass is 10.1. The quantitative estimate of drug-likeness (QED) is 0.651. The van der Waals surface area contributed by atoms with E-state index in [0.29, 0.717) is 16.8 Å². The fourth-order valence-corrected chi connectivity index (χ4v) is 1.61. The molecule has 84 valence electrons. The summed E-state index contributed by atoms with van der Waals surface area (Å²) in [4.78, 5) is 14.9. The Labute approximate surface area is 95.1 Å². The molecule has 0 aliphatic heterocycles. The Morgan fingerprint density at radius 2 is 2.12 bits per heavy atom. The third-order valence-electron chi connectivity index (χ3n) is 2.38. The lowest BCUT2D eigenvalue weighted by Crippen LogP contribution is -2.05. The number of rotatable bonds is 1. The second-order valence-electron chi connectivity index (χ2n) is 3.54. The van der Waals surface area contributed by atoms with E-state index in [1.807, 2.05) is 6.07 Å². The van der Waals surface area contributed by atoms with Gasteiger partial charge in [-0.3, -0.25) is 4.79 Å². The summed E-state index contributed by atoms with van der Waals surface area (Å²) in [6.07, 6.45) is 0. The van der Waals surface area contributed by atoms with Crippen LogP contribution in [0.25, 0.3) is 22.4 Å². The van der Waals surface area contributed by atoms with Gasteiger partial charge in [-0.2, -0.15) is 10.1 Å². The predicted molar refractivity (Wildman–Crippen MR) is 62.3 cm³/mol. The third-order valence-corrected chi connectivity index (χ3v) is 2.38. The summed E-state index contributed by atoms with van der Waals surface area (Å²) < 4.78 is 5.17. The molecule has 1 aromatic carbocycles. The Kier molecular flexibility index (Phi) is 1.94. The number of aromatic amines is 1. The SMILES string of the molecule is Nc1nc2cc(-c3ccc(=O)[nH]n3)ccc2o1. The summed E-state index contributed by atoms with van der Waals surface area (Å²) in [7, 11) is 0. The summed E-state index contributed by atoms with van der Waals surface area (Å²) in [5.41, 5.74) is 8.00. The first-order valence-corrected chi connectivity index (χ1v) is 4.94. The van der Waals surface area contributed by atoms with Gasteiger partial charge in [0, 0.05) is 11.6 Å². The minimum Gasteiger partial charge on any atom is -0.424 e. The van der Waals surface area contributed by atoms with Crippen molar-refractivity contribution < 1.29 is 4.42 Å². The highest BCUT2D eigenvalue weighted by Gasteiger charge is 2.05. The maximum absolute atomic E-state index is 10.9. The zero-order chi connectivity index (χ0) is 11.8. The maximum atomic E-state index is 10.9. The van der Waals surface area contributed by atoms with E-state index in [-0.39, 0.29) is 11.6 Å². The van der Waals surface area contributed by atoms with Gasteiger partial charge >= 0.3 is 0 Å². The van der Waals surface area contributed by atoms with E-state index in [1.165, 1.54) is 6.07 Å². The van der Waals surface area contributed by atoms with Gasteiger partial charge in [-0.25, -0.2) is 5.10 Å². The van der Waals surface area contributed by atoms with Crippen molar-refractivity contribution in [2.75, 3.05) is 5.73 Å². The molecule has 3 aromatic rings. The average molecular weight is 228 g/mol. The zero-order valence-corrected chi connectivity index (χ0v) is 8.68. The molecule has 0 amide bonds. The number of H-pyrrole nitrogens is 1. The fourth-order valence-electron chi connectivity index (χ4n) is 1.61. The first kappa shape index (κ1) is 9.59. The highest BCUT2D eigenvalue weighted by atomic mass is 16.4. The number of nitrogens with two attached hydrogens (primary N) is 1. The largest absolute Gasteiger partial charge is 0.424 e. The molecular formula is C11H8N4O2. The summed E-state index contributed by atoms with van der Waals surface area (Å²) >= 11 is 0. The Morgan fingerprint density at radius 3 is 2.88 bits per heavy atom. The third kappa shape index (κ3) is 1.65. The number of anilines is 1. The molecule has 0 spiro atoms. The number of nitrogens with one attached hydrogen (secondary N) is 1. The minimum absolute atomic E-state index is 0.131. The van der Waals surface area contributed by atoms with Crippen LogP contribution < -0.4 is 11.3 Å². The van der Waals surface area contributed by atoms with Crippen LogP contribution in [0.5, 0.6) is 0 Å². The average Bonchev–Trinajstić information content (AvgIpc) is 2.69. The van der Waals surface area contributed by atoms with Crippen LogP contribution in [0, 0.1) is 0 Å². The Balaban J connectivity index is 2.17. The van der Waals surface area contributed by atoms with Crippen molar-refractivity contribution in [2.24, 2.45) is 0 Å². The molecule has 0 aliphatic rings. The van der Waals surface area contributed by atoms with E-state index in [1.54, 1.807) is 18.2 Å². The van der Waals surface area contributed by atoms with Crippen LogP contribution in [-0.4, -0.2) is 15.2 Å². The summed E-state index contributed by atoms with van der Waals surface area (Å²) in [5, 5.41) is 6.31. The van der Waals surface area contributed by atoms with Crippen molar-refractivity contribution in [3.05, 3.63) is 40.7 Å². The van der Waals surface area contributed by atoms with Gasteiger partial charge in [0.2, 0.25) is 0 Å².